The van der Waals surface area contributed by atoms with Crippen LogP contribution in [-0.4, -0.2) is 53.7 Å². The maximum absolute atomic E-state index is 11.9. The van der Waals surface area contributed by atoms with Crippen LogP contribution in [0.3, 0.4) is 0 Å². The van der Waals surface area contributed by atoms with Crippen molar-refractivity contribution in [1.82, 2.24) is 15.2 Å². The Hall–Kier alpha value is -1.63. The van der Waals surface area contributed by atoms with Gasteiger partial charge >= 0.3 is 0 Å². The zero-order chi connectivity index (χ0) is 15.0. The molecule has 114 valence electrons. The number of nitrogens with two attached hydrogens (primary N) is 1. The van der Waals surface area contributed by atoms with E-state index in [-0.39, 0.29) is 30.8 Å². The summed E-state index contributed by atoms with van der Waals surface area (Å²) < 4.78 is 0. The Morgan fingerprint density at radius 3 is 2.25 bits per heavy atom. The minimum Gasteiger partial charge on any atom is -0.332 e. The van der Waals surface area contributed by atoms with Gasteiger partial charge < -0.3 is 9.80 Å². The van der Waals surface area contributed by atoms with E-state index in [0.29, 0.717) is 19.5 Å². The Bertz CT molecular complexity index is 360. The van der Waals surface area contributed by atoms with E-state index >= 15 is 0 Å². The van der Waals surface area contributed by atoms with Crippen LogP contribution in [-0.2, 0) is 14.4 Å². The number of nitrogens with one attached hydrogen (secondary N) is 1. The SMILES string of the molecule is CCCN1CC(=O)N(CCCCCC(=O)NN)CC1=O. The first-order chi connectivity index (χ1) is 9.58. The van der Waals surface area contributed by atoms with Crippen LogP contribution in [0.5, 0.6) is 0 Å². The predicted molar refractivity (Wildman–Crippen MR) is 74.2 cm³/mol. The lowest BCUT2D eigenvalue weighted by Crippen LogP contribution is -2.53. The third-order valence-electron chi connectivity index (χ3n) is 3.34. The topological polar surface area (TPSA) is 95.7 Å². The van der Waals surface area contributed by atoms with Crippen LogP contribution in [0.2, 0.25) is 0 Å². The largest absolute Gasteiger partial charge is 0.332 e. The second kappa shape index (κ2) is 8.52. The first-order valence-corrected chi connectivity index (χ1v) is 7.13. The van der Waals surface area contributed by atoms with Crippen LogP contribution in [0.25, 0.3) is 0 Å². The zero-order valence-electron chi connectivity index (χ0n) is 12.1. The van der Waals surface area contributed by atoms with Crippen LogP contribution in [0.15, 0.2) is 0 Å². The van der Waals surface area contributed by atoms with Crippen molar-refractivity contribution in [2.24, 2.45) is 5.84 Å². The van der Waals surface area contributed by atoms with Crippen molar-refractivity contribution in [1.29, 1.82) is 0 Å². The number of unbranched alkanes of at least 4 members (excludes halogenated alkanes) is 2. The monoisotopic (exact) mass is 284 g/mol. The summed E-state index contributed by atoms with van der Waals surface area (Å²) in [7, 11) is 0. The average molecular weight is 284 g/mol. The Balaban J connectivity index is 2.23. The average Bonchev–Trinajstić information content (AvgIpc) is 2.43. The number of carbonyl (C=O) groups excluding carboxylic acids is 3. The Labute approximate surface area is 119 Å². The molecule has 0 atom stereocenters. The Morgan fingerprint density at radius 1 is 1.10 bits per heavy atom. The van der Waals surface area contributed by atoms with Gasteiger partial charge in [0.15, 0.2) is 0 Å². The van der Waals surface area contributed by atoms with E-state index in [1.165, 1.54) is 0 Å². The standard InChI is InChI=1S/C13H24N4O3/c1-2-7-16-9-13(20)17(10-12(16)19)8-5-3-4-6-11(18)15-14/h2-10,14H2,1H3,(H,15,18). The van der Waals surface area contributed by atoms with E-state index in [4.69, 9.17) is 5.84 Å². The molecule has 7 nitrogen and oxygen atoms in total. The van der Waals surface area contributed by atoms with E-state index < -0.39 is 0 Å². The summed E-state index contributed by atoms with van der Waals surface area (Å²) in [6.07, 6.45) is 3.63. The highest BCUT2D eigenvalue weighted by Gasteiger charge is 2.28. The normalized spacial score (nSPS) is 15.7. The highest BCUT2D eigenvalue weighted by molar-refractivity contribution is 5.92. The van der Waals surface area contributed by atoms with Gasteiger partial charge in [0.25, 0.3) is 0 Å². The van der Waals surface area contributed by atoms with Gasteiger partial charge in [-0.3, -0.25) is 19.8 Å². The second-order valence-corrected chi connectivity index (χ2v) is 5.01. The number of hydrazine groups is 1. The van der Waals surface area contributed by atoms with Crippen molar-refractivity contribution in [3.8, 4) is 0 Å². The van der Waals surface area contributed by atoms with Crippen molar-refractivity contribution in [3.63, 3.8) is 0 Å². The van der Waals surface area contributed by atoms with E-state index in [9.17, 15) is 14.4 Å². The summed E-state index contributed by atoms with van der Waals surface area (Å²) in [4.78, 5) is 37.9. The smallest absolute Gasteiger partial charge is 0.242 e. The Morgan fingerprint density at radius 2 is 1.70 bits per heavy atom. The molecular weight excluding hydrogens is 260 g/mol. The molecule has 3 N–H and O–H groups in total. The molecule has 1 rings (SSSR count). The quantitative estimate of drug-likeness (QED) is 0.275. The van der Waals surface area contributed by atoms with Gasteiger partial charge in [-0.25, -0.2) is 5.84 Å². The molecule has 1 aliphatic rings. The van der Waals surface area contributed by atoms with Crippen LogP contribution >= 0.6 is 0 Å². The van der Waals surface area contributed by atoms with Crippen molar-refractivity contribution in [2.75, 3.05) is 26.2 Å². The van der Waals surface area contributed by atoms with Crippen LogP contribution in [0.1, 0.15) is 39.0 Å². The lowest BCUT2D eigenvalue weighted by Gasteiger charge is -2.33. The van der Waals surface area contributed by atoms with E-state index in [1.807, 2.05) is 6.92 Å². The first-order valence-electron chi connectivity index (χ1n) is 7.13. The number of piperazine rings is 1. The molecule has 1 aliphatic heterocycles. The van der Waals surface area contributed by atoms with Crippen LogP contribution in [0.4, 0.5) is 0 Å². The van der Waals surface area contributed by atoms with Crippen LogP contribution < -0.4 is 11.3 Å². The van der Waals surface area contributed by atoms with E-state index in [1.54, 1.807) is 9.80 Å². The maximum Gasteiger partial charge on any atom is 0.242 e. The molecule has 7 heteroatoms. The summed E-state index contributed by atoms with van der Waals surface area (Å²) >= 11 is 0. The number of hydrogen-bond donors (Lipinski definition) is 2. The molecule has 1 saturated heterocycles. The van der Waals surface area contributed by atoms with Gasteiger partial charge in [-0.2, -0.15) is 0 Å². The molecule has 0 saturated carbocycles. The third kappa shape index (κ3) is 5.16. The molecule has 0 bridgehead atoms. The highest BCUT2D eigenvalue weighted by Crippen LogP contribution is 2.08. The first kappa shape index (κ1) is 16.4. The molecule has 1 heterocycles. The molecule has 0 aromatic carbocycles. The molecule has 0 unspecified atom stereocenters. The van der Waals surface area contributed by atoms with Gasteiger partial charge in [0, 0.05) is 19.5 Å². The van der Waals surface area contributed by atoms with E-state index in [0.717, 1.165) is 25.7 Å². The van der Waals surface area contributed by atoms with Gasteiger partial charge in [0.2, 0.25) is 17.7 Å². The minimum atomic E-state index is -0.176. The highest BCUT2D eigenvalue weighted by atomic mass is 16.2. The zero-order valence-corrected chi connectivity index (χ0v) is 12.1. The van der Waals surface area contributed by atoms with Gasteiger partial charge in [0.1, 0.15) is 0 Å². The fourth-order valence-corrected chi connectivity index (χ4v) is 2.22. The molecule has 0 aromatic heterocycles. The molecular formula is C13H24N4O3. The lowest BCUT2D eigenvalue weighted by atomic mass is 10.1. The van der Waals surface area contributed by atoms with Gasteiger partial charge in [-0.05, 0) is 19.3 Å². The van der Waals surface area contributed by atoms with Gasteiger partial charge in [-0.15, -0.1) is 0 Å². The number of hydrogen-bond acceptors (Lipinski definition) is 4. The minimum absolute atomic E-state index is 0.0118. The maximum atomic E-state index is 11.9. The van der Waals surface area contributed by atoms with Gasteiger partial charge in [-0.1, -0.05) is 13.3 Å². The van der Waals surface area contributed by atoms with Gasteiger partial charge in [0.05, 0.1) is 13.1 Å². The number of carbonyl (C=O) groups is 3. The molecule has 0 spiro atoms. The Kier molecular flexibility index (Phi) is 7.00. The number of rotatable bonds is 8. The fourth-order valence-electron chi connectivity index (χ4n) is 2.22. The molecule has 0 aromatic rings. The third-order valence-corrected chi connectivity index (χ3v) is 3.34. The van der Waals surface area contributed by atoms with Crippen LogP contribution in [0, 0.1) is 0 Å². The summed E-state index contributed by atoms with van der Waals surface area (Å²) in [6, 6.07) is 0. The van der Waals surface area contributed by atoms with Crippen molar-refractivity contribution >= 4 is 17.7 Å². The molecule has 3 amide bonds. The van der Waals surface area contributed by atoms with E-state index in [2.05, 4.69) is 5.43 Å². The summed E-state index contributed by atoms with van der Waals surface area (Å²) in [5.41, 5.74) is 2.08. The summed E-state index contributed by atoms with van der Waals surface area (Å²) in [5, 5.41) is 0. The molecule has 1 fully saturated rings. The summed E-state index contributed by atoms with van der Waals surface area (Å²) in [5.74, 6) is 4.84. The van der Waals surface area contributed by atoms with Crippen molar-refractivity contribution in [2.45, 2.75) is 39.0 Å². The fraction of sp³-hybridized carbons (Fsp3) is 0.769. The number of amides is 3. The summed E-state index contributed by atoms with van der Waals surface area (Å²) in [6.45, 7) is 3.59. The molecule has 0 aliphatic carbocycles. The predicted octanol–water partition coefficient (Wildman–Crippen LogP) is -0.382. The van der Waals surface area contributed by atoms with Crippen molar-refractivity contribution < 1.29 is 14.4 Å². The second-order valence-electron chi connectivity index (χ2n) is 5.01. The van der Waals surface area contributed by atoms with Crippen molar-refractivity contribution in [3.05, 3.63) is 0 Å². The number of nitrogens with zero attached hydrogens (tertiary/aromatic N) is 2. The molecule has 0 radical (unpaired) electrons. The lowest BCUT2D eigenvalue weighted by molar-refractivity contribution is -0.150. The molecule has 20 heavy (non-hydrogen) atoms.